The monoisotopic (exact) mass is 544 g/mol. The summed E-state index contributed by atoms with van der Waals surface area (Å²) in [6, 6.07) is 6.53. The summed E-state index contributed by atoms with van der Waals surface area (Å²) in [6.07, 6.45) is 10.2. The molecule has 0 aromatic heterocycles. The summed E-state index contributed by atoms with van der Waals surface area (Å²) in [5.41, 5.74) is 3.28. The number of ether oxygens (including phenoxy) is 2. The van der Waals surface area contributed by atoms with Gasteiger partial charge in [0.1, 0.15) is 5.75 Å². The molecule has 1 aromatic rings. The van der Waals surface area contributed by atoms with E-state index in [4.69, 9.17) is 9.47 Å². The van der Waals surface area contributed by atoms with Crippen molar-refractivity contribution in [3.05, 3.63) is 59.7 Å². The van der Waals surface area contributed by atoms with Crippen LogP contribution in [0.15, 0.2) is 64.6 Å². The summed E-state index contributed by atoms with van der Waals surface area (Å²) in [5.74, 6) is 1.62. The first-order valence-corrected chi connectivity index (χ1v) is 15.6. The van der Waals surface area contributed by atoms with Crippen LogP contribution in [0, 0.1) is 17.3 Å². The van der Waals surface area contributed by atoms with Crippen molar-refractivity contribution >= 4 is 9.84 Å². The minimum atomic E-state index is -3.35. The number of aliphatic hydroxyl groups is 2. The number of benzene rings is 1. The Kier molecular flexibility index (Phi) is 9.23. The summed E-state index contributed by atoms with van der Waals surface area (Å²) in [5, 5.41) is 20.3. The molecular formula is C31H44O6S. The van der Waals surface area contributed by atoms with Crippen LogP contribution in [0.1, 0.15) is 65.2 Å². The van der Waals surface area contributed by atoms with Gasteiger partial charge < -0.3 is 19.7 Å². The van der Waals surface area contributed by atoms with Crippen molar-refractivity contribution in [2.45, 2.75) is 88.4 Å². The van der Waals surface area contributed by atoms with Crippen molar-refractivity contribution in [2.75, 3.05) is 19.5 Å². The zero-order valence-electron chi connectivity index (χ0n) is 23.1. The predicted octanol–water partition coefficient (Wildman–Crippen LogP) is 5.41. The van der Waals surface area contributed by atoms with Crippen molar-refractivity contribution in [3.63, 3.8) is 0 Å². The number of methoxy groups -OCH3 is 1. The van der Waals surface area contributed by atoms with Crippen molar-refractivity contribution in [1.82, 2.24) is 0 Å². The van der Waals surface area contributed by atoms with Crippen LogP contribution in [-0.4, -0.2) is 56.4 Å². The second-order valence-corrected chi connectivity index (χ2v) is 13.7. The molecule has 6 atom stereocenters. The minimum Gasteiger partial charge on any atom is -0.497 e. The van der Waals surface area contributed by atoms with Crippen LogP contribution in [0.25, 0.3) is 0 Å². The highest BCUT2D eigenvalue weighted by Gasteiger charge is 2.51. The molecule has 38 heavy (non-hydrogen) atoms. The van der Waals surface area contributed by atoms with Crippen LogP contribution < -0.4 is 4.74 Å². The molecule has 3 aliphatic rings. The van der Waals surface area contributed by atoms with Crippen LogP contribution in [0.3, 0.4) is 0 Å². The van der Waals surface area contributed by atoms with Gasteiger partial charge >= 0.3 is 0 Å². The maximum atomic E-state index is 12.7. The number of sulfone groups is 1. The molecule has 7 heteroatoms. The second kappa shape index (κ2) is 12.1. The Balaban J connectivity index is 1.34. The van der Waals surface area contributed by atoms with Gasteiger partial charge in [-0.15, -0.1) is 0 Å². The summed E-state index contributed by atoms with van der Waals surface area (Å²) in [6.45, 7) is 9.02. The molecule has 6 nitrogen and oxygen atoms in total. The van der Waals surface area contributed by atoms with E-state index in [1.165, 1.54) is 12.0 Å². The molecule has 0 bridgehead atoms. The molecule has 2 N–H and O–H groups in total. The van der Waals surface area contributed by atoms with Gasteiger partial charge in [-0.25, -0.2) is 8.42 Å². The fourth-order valence-corrected chi connectivity index (χ4v) is 8.34. The van der Waals surface area contributed by atoms with E-state index in [2.05, 4.69) is 32.6 Å². The quantitative estimate of drug-likeness (QED) is 0.404. The molecule has 0 saturated heterocycles. The zero-order valence-corrected chi connectivity index (χ0v) is 23.9. The van der Waals surface area contributed by atoms with E-state index in [0.717, 1.165) is 36.8 Å². The van der Waals surface area contributed by atoms with E-state index >= 15 is 0 Å². The molecule has 3 aliphatic carbocycles. The van der Waals surface area contributed by atoms with Gasteiger partial charge in [-0.2, -0.15) is 0 Å². The topological polar surface area (TPSA) is 93.1 Å². The molecule has 0 spiro atoms. The molecule has 0 aliphatic heterocycles. The van der Waals surface area contributed by atoms with E-state index in [1.54, 1.807) is 31.4 Å². The third kappa shape index (κ3) is 6.27. The molecule has 0 heterocycles. The fraction of sp³-hybridized carbons (Fsp3) is 0.613. The maximum Gasteiger partial charge on any atom is 0.178 e. The molecule has 0 radical (unpaired) electrons. The molecule has 3 saturated carbocycles. The van der Waals surface area contributed by atoms with Crippen LogP contribution in [0.5, 0.6) is 5.75 Å². The highest BCUT2D eigenvalue weighted by Crippen LogP contribution is 2.58. The molecular weight excluding hydrogens is 500 g/mol. The number of hydrogen-bond acceptors (Lipinski definition) is 6. The highest BCUT2D eigenvalue weighted by molar-refractivity contribution is 7.91. The summed E-state index contributed by atoms with van der Waals surface area (Å²) < 4.78 is 36.8. The van der Waals surface area contributed by atoms with Gasteiger partial charge in [-0.1, -0.05) is 31.2 Å². The molecule has 0 amide bonds. The average molecular weight is 545 g/mol. The van der Waals surface area contributed by atoms with E-state index in [-0.39, 0.29) is 17.3 Å². The van der Waals surface area contributed by atoms with Crippen molar-refractivity contribution in [1.29, 1.82) is 0 Å². The molecule has 4 rings (SSSR count). The Morgan fingerprint density at radius 3 is 2.63 bits per heavy atom. The van der Waals surface area contributed by atoms with Gasteiger partial charge in [0.05, 0.1) is 36.1 Å². The van der Waals surface area contributed by atoms with Gasteiger partial charge in [0.15, 0.2) is 9.84 Å². The summed E-state index contributed by atoms with van der Waals surface area (Å²) >= 11 is 0. The molecule has 3 fully saturated rings. The number of fused-ring (bicyclic) bond motifs is 1. The first-order chi connectivity index (χ1) is 18.0. The Hall–Kier alpha value is -1.93. The predicted molar refractivity (Wildman–Crippen MR) is 150 cm³/mol. The number of hydrogen-bond donors (Lipinski definition) is 2. The minimum absolute atomic E-state index is 0.0623. The Labute approximate surface area is 228 Å². The first kappa shape index (κ1) is 29.1. The van der Waals surface area contributed by atoms with Gasteiger partial charge in [0.2, 0.25) is 0 Å². The maximum absolute atomic E-state index is 12.7. The number of aliphatic hydroxyl groups excluding tert-OH is 2. The third-order valence-electron chi connectivity index (χ3n) is 9.23. The second-order valence-electron chi connectivity index (χ2n) is 11.6. The number of rotatable bonds is 9. The van der Waals surface area contributed by atoms with Crippen molar-refractivity contribution in [2.24, 2.45) is 17.3 Å². The smallest absolute Gasteiger partial charge is 0.178 e. The first-order valence-electron chi connectivity index (χ1n) is 14.0. The third-order valence-corrected chi connectivity index (χ3v) is 11.0. The largest absolute Gasteiger partial charge is 0.497 e. The normalized spacial score (nSPS) is 32.9. The SMILES string of the molecule is C=C1/C(=C\C=C2/CCC[C@@]3(C)C2CCC3[C@@H](C)OCCCS(=O)(=O)c2ccc(OC)cc2)CC(O)CC1O. The van der Waals surface area contributed by atoms with Gasteiger partial charge in [0, 0.05) is 13.0 Å². The lowest BCUT2D eigenvalue weighted by Gasteiger charge is -2.44. The zero-order chi connectivity index (χ0) is 27.5. The average Bonchev–Trinajstić information content (AvgIpc) is 3.25. The van der Waals surface area contributed by atoms with Crippen LogP contribution in [0.2, 0.25) is 0 Å². The Morgan fingerprint density at radius 1 is 1.18 bits per heavy atom. The summed E-state index contributed by atoms with van der Waals surface area (Å²) in [7, 11) is -1.79. The van der Waals surface area contributed by atoms with Crippen LogP contribution in [-0.2, 0) is 14.6 Å². The Bertz CT molecular complexity index is 1150. The van der Waals surface area contributed by atoms with E-state index in [9.17, 15) is 18.6 Å². The van der Waals surface area contributed by atoms with Gasteiger partial charge in [-0.05, 0) is 105 Å². The van der Waals surface area contributed by atoms with Gasteiger partial charge in [-0.3, -0.25) is 0 Å². The lowest BCUT2D eigenvalue weighted by Crippen LogP contribution is -2.38. The van der Waals surface area contributed by atoms with Crippen molar-refractivity contribution < 1.29 is 28.1 Å². The Morgan fingerprint density at radius 2 is 1.92 bits per heavy atom. The van der Waals surface area contributed by atoms with Crippen LogP contribution >= 0.6 is 0 Å². The number of allylic oxidation sites excluding steroid dienone is 3. The van der Waals surface area contributed by atoms with E-state index in [1.807, 2.05) is 0 Å². The molecule has 1 aromatic carbocycles. The van der Waals surface area contributed by atoms with E-state index < -0.39 is 22.0 Å². The fourth-order valence-electron chi connectivity index (χ4n) is 7.05. The lowest BCUT2D eigenvalue weighted by molar-refractivity contribution is -0.0244. The molecule has 210 valence electrons. The summed E-state index contributed by atoms with van der Waals surface area (Å²) in [4.78, 5) is 0.315. The van der Waals surface area contributed by atoms with E-state index in [0.29, 0.717) is 48.4 Å². The van der Waals surface area contributed by atoms with Crippen molar-refractivity contribution in [3.8, 4) is 5.75 Å². The standard InChI is InChI=1S/C31H44O6S/c1-21-24(19-25(32)20-30(21)33)9-8-23-7-5-16-31(3)28(14-15-29(23)31)22(2)37-17-6-18-38(34,35)27-12-10-26(36-4)11-13-27/h8-13,22,25,28-30,32-33H,1,5-7,14-20H2,2-4H3/b23-8+,24-9-/t22-,25?,28?,29?,30?,31-/m1/s1. The van der Waals surface area contributed by atoms with Crippen LogP contribution in [0.4, 0.5) is 0 Å². The molecule has 4 unspecified atom stereocenters. The lowest BCUT2D eigenvalue weighted by atomic mass is 9.62. The van der Waals surface area contributed by atoms with Gasteiger partial charge in [0.25, 0.3) is 0 Å². The highest BCUT2D eigenvalue weighted by atomic mass is 32.2.